The molecule has 258 valence electrons. The van der Waals surface area contributed by atoms with E-state index in [-0.39, 0.29) is 0 Å². The van der Waals surface area contributed by atoms with Crippen molar-refractivity contribution in [1.82, 2.24) is 0 Å². The zero-order chi connectivity index (χ0) is 33.3. The van der Waals surface area contributed by atoms with Crippen LogP contribution in [-0.2, 0) is 0 Å². The highest BCUT2D eigenvalue weighted by Gasteiger charge is 2.62. The Kier molecular flexibility index (Phi) is 8.31. The SMILES string of the molecule is Cc1c(-c2ccccc2)cccc1-c1cccc(-c2cccc(C3CCC4C(C3)C3CCCC5C6CCCCC6C6CCCC4C6C53)c2)c1S. The van der Waals surface area contributed by atoms with Gasteiger partial charge in [0.1, 0.15) is 0 Å². The monoisotopic (exact) mass is 676 g/mol. The molecular weight excluding hydrogens is 621 g/mol. The van der Waals surface area contributed by atoms with E-state index in [4.69, 9.17) is 12.6 Å². The minimum absolute atomic E-state index is 0.704. The predicted molar refractivity (Wildman–Crippen MR) is 212 cm³/mol. The van der Waals surface area contributed by atoms with Crippen LogP contribution in [-0.4, -0.2) is 0 Å². The Labute approximate surface area is 307 Å². The Balaban J connectivity index is 0.950. The lowest BCUT2D eigenvalue weighted by Crippen LogP contribution is -2.61. The van der Waals surface area contributed by atoms with Gasteiger partial charge in [-0.3, -0.25) is 0 Å². The van der Waals surface area contributed by atoms with Crippen LogP contribution in [0.15, 0.2) is 95.9 Å². The Morgan fingerprint density at radius 1 is 0.440 bits per heavy atom. The minimum atomic E-state index is 0.704. The van der Waals surface area contributed by atoms with Crippen molar-refractivity contribution in [3.63, 3.8) is 0 Å². The topological polar surface area (TPSA) is 0 Å². The first-order valence-corrected chi connectivity index (χ1v) is 21.2. The van der Waals surface area contributed by atoms with Gasteiger partial charge in [-0.25, -0.2) is 0 Å². The van der Waals surface area contributed by atoms with Crippen LogP contribution in [0.1, 0.15) is 101 Å². The molecule has 0 saturated heterocycles. The van der Waals surface area contributed by atoms with Crippen molar-refractivity contribution in [1.29, 1.82) is 0 Å². The van der Waals surface area contributed by atoms with Gasteiger partial charge in [0, 0.05) is 4.90 Å². The average Bonchev–Trinajstić information content (AvgIpc) is 3.18. The van der Waals surface area contributed by atoms with Crippen LogP contribution < -0.4 is 0 Å². The predicted octanol–water partition coefficient (Wildman–Crippen LogP) is 13.7. The van der Waals surface area contributed by atoms with Crippen LogP contribution in [0, 0.1) is 66.1 Å². The van der Waals surface area contributed by atoms with Gasteiger partial charge < -0.3 is 0 Å². The van der Waals surface area contributed by atoms with E-state index >= 15 is 0 Å². The summed E-state index contributed by atoms with van der Waals surface area (Å²) in [5, 5.41) is 0. The van der Waals surface area contributed by atoms with E-state index in [0.717, 1.165) is 64.1 Å². The summed E-state index contributed by atoms with van der Waals surface area (Å²) in [4.78, 5) is 1.10. The molecule has 0 aromatic heterocycles. The summed E-state index contributed by atoms with van der Waals surface area (Å²) < 4.78 is 0. The third-order valence-electron chi connectivity index (χ3n) is 16.0. The molecule has 4 aromatic rings. The summed E-state index contributed by atoms with van der Waals surface area (Å²) in [6, 6.07) is 34.1. The number of thiol groups is 1. The molecule has 50 heavy (non-hydrogen) atoms. The Morgan fingerprint density at radius 2 is 0.980 bits per heavy atom. The lowest BCUT2D eigenvalue weighted by molar-refractivity contribution is -0.188. The summed E-state index contributed by atoms with van der Waals surface area (Å²) in [5.74, 6) is 11.3. The quantitative estimate of drug-likeness (QED) is 0.204. The Hall–Kier alpha value is -2.77. The molecule has 6 aliphatic carbocycles. The maximum atomic E-state index is 5.27. The second-order valence-electron chi connectivity index (χ2n) is 17.8. The first kappa shape index (κ1) is 31.9. The fourth-order valence-electron chi connectivity index (χ4n) is 14.3. The second-order valence-corrected chi connectivity index (χ2v) is 18.2. The van der Waals surface area contributed by atoms with Crippen molar-refractivity contribution in [2.75, 3.05) is 0 Å². The van der Waals surface area contributed by atoms with Gasteiger partial charge in [-0.1, -0.05) is 117 Å². The van der Waals surface area contributed by atoms with E-state index in [0.29, 0.717) is 5.92 Å². The third-order valence-corrected chi connectivity index (χ3v) is 16.5. The zero-order valence-electron chi connectivity index (χ0n) is 30.2. The number of rotatable bonds is 4. The first-order chi connectivity index (χ1) is 24.7. The van der Waals surface area contributed by atoms with Crippen LogP contribution in [0.3, 0.4) is 0 Å². The highest BCUT2D eigenvalue weighted by atomic mass is 32.1. The van der Waals surface area contributed by atoms with Gasteiger partial charge in [0.25, 0.3) is 0 Å². The molecule has 0 amide bonds. The van der Waals surface area contributed by atoms with E-state index in [1.54, 1.807) is 44.1 Å². The van der Waals surface area contributed by atoms with E-state index in [1.165, 1.54) is 83.9 Å². The number of hydrogen-bond donors (Lipinski definition) is 1. The van der Waals surface area contributed by atoms with Crippen molar-refractivity contribution in [3.8, 4) is 33.4 Å². The molecule has 0 aliphatic heterocycles. The number of hydrogen-bond acceptors (Lipinski definition) is 1. The maximum absolute atomic E-state index is 5.27. The first-order valence-electron chi connectivity index (χ1n) is 20.7. The van der Waals surface area contributed by atoms with E-state index < -0.39 is 0 Å². The molecule has 6 saturated carbocycles. The van der Waals surface area contributed by atoms with E-state index in [1.807, 2.05) is 0 Å². The van der Waals surface area contributed by atoms with Crippen LogP contribution in [0.25, 0.3) is 33.4 Å². The average molecular weight is 677 g/mol. The van der Waals surface area contributed by atoms with Gasteiger partial charge in [0.2, 0.25) is 0 Å². The molecule has 11 atom stereocenters. The fourth-order valence-corrected chi connectivity index (χ4v) is 14.7. The number of benzene rings is 4. The molecule has 0 nitrogen and oxygen atoms in total. The zero-order valence-corrected chi connectivity index (χ0v) is 31.0. The van der Waals surface area contributed by atoms with Gasteiger partial charge in [-0.05, 0) is 174 Å². The van der Waals surface area contributed by atoms with Gasteiger partial charge in [0.15, 0.2) is 0 Å². The molecule has 11 unspecified atom stereocenters. The van der Waals surface area contributed by atoms with Crippen molar-refractivity contribution in [2.45, 2.75) is 101 Å². The standard InChI is InChI=1S/C49H56S/c1-30-35(31-12-3-2-4-13-31)18-8-19-36(30)45-25-9-20-37(49(45)50)34-15-7-14-32(28-34)33-26-27-40-43-23-10-21-41-38-16-5-6-17-39(38)42-22-11-24-44(46(40)29-33)48(42)47(41)43/h2-4,7-9,12-15,18-20,25,28,33,38-44,46-48,50H,5-6,10-11,16-17,21-24,26-27,29H2,1H3. The summed E-state index contributed by atoms with van der Waals surface area (Å²) in [6.07, 6.45) is 19.8. The van der Waals surface area contributed by atoms with Crippen molar-refractivity contribution in [2.24, 2.45) is 59.2 Å². The summed E-state index contributed by atoms with van der Waals surface area (Å²) >= 11 is 5.27. The van der Waals surface area contributed by atoms with E-state index in [2.05, 4.69) is 97.9 Å². The van der Waals surface area contributed by atoms with Gasteiger partial charge >= 0.3 is 0 Å². The maximum Gasteiger partial charge on any atom is 0.0197 e. The van der Waals surface area contributed by atoms with Crippen LogP contribution >= 0.6 is 12.6 Å². The van der Waals surface area contributed by atoms with Crippen LogP contribution in [0.5, 0.6) is 0 Å². The molecule has 4 aromatic carbocycles. The van der Waals surface area contributed by atoms with Crippen LogP contribution in [0.2, 0.25) is 0 Å². The molecule has 6 aliphatic rings. The van der Waals surface area contributed by atoms with Gasteiger partial charge in [0.05, 0.1) is 0 Å². The lowest BCUT2D eigenvalue weighted by atomic mass is 9.37. The molecular formula is C49H56S. The molecule has 0 heterocycles. The van der Waals surface area contributed by atoms with Gasteiger partial charge in [-0.15, -0.1) is 12.6 Å². The summed E-state index contributed by atoms with van der Waals surface area (Å²) in [5.41, 5.74) is 10.6. The molecule has 0 radical (unpaired) electrons. The number of fused-ring (bicyclic) bond motifs is 6. The lowest BCUT2D eigenvalue weighted by Gasteiger charge is -2.67. The second kappa shape index (κ2) is 13.0. The van der Waals surface area contributed by atoms with Crippen molar-refractivity contribution in [3.05, 3.63) is 102 Å². The normalized spacial score (nSPS) is 35.8. The largest absolute Gasteiger partial charge is 0.142 e. The van der Waals surface area contributed by atoms with Gasteiger partial charge in [-0.2, -0.15) is 0 Å². The molecule has 0 bridgehead atoms. The van der Waals surface area contributed by atoms with Crippen molar-refractivity contribution < 1.29 is 0 Å². The molecule has 0 N–H and O–H groups in total. The summed E-state index contributed by atoms with van der Waals surface area (Å²) in [6.45, 7) is 2.27. The molecule has 10 rings (SSSR count). The molecule has 6 fully saturated rings. The highest BCUT2D eigenvalue weighted by molar-refractivity contribution is 7.80. The van der Waals surface area contributed by atoms with E-state index in [9.17, 15) is 0 Å². The smallest absolute Gasteiger partial charge is 0.0197 e. The van der Waals surface area contributed by atoms with Crippen LogP contribution in [0.4, 0.5) is 0 Å². The fraction of sp³-hybridized carbons (Fsp3) is 0.510. The molecule has 0 spiro atoms. The Bertz CT molecular complexity index is 1850. The Morgan fingerprint density at radius 3 is 1.68 bits per heavy atom. The summed E-state index contributed by atoms with van der Waals surface area (Å²) in [7, 11) is 0. The minimum Gasteiger partial charge on any atom is -0.142 e. The molecule has 1 heteroatoms. The van der Waals surface area contributed by atoms with Crippen molar-refractivity contribution >= 4 is 12.6 Å². The highest BCUT2D eigenvalue weighted by Crippen LogP contribution is 2.69. The third kappa shape index (κ3) is 5.14.